The zero-order valence-corrected chi connectivity index (χ0v) is 15.4. The Bertz CT molecular complexity index is 968. The van der Waals surface area contributed by atoms with Gasteiger partial charge in [-0.15, -0.1) is 0 Å². The second-order valence-electron chi connectivity index (χ2n) is 6.75. The van der Waals surface area contributed by atoms with Crippen LogP contribution in [0.3, 0.4) is 0 Å². The van der Waals surface area contributed by atoms with Gasteiger partial charge < -0.3 is 10.2 Å². The predicted octanol–water partition coefficient (Wildman–Crippen LogP) is 1.72. The first-order valence-electron chi connectivity index (χ1n) is 8.59. The third kappa shape index (κ3) is 3.86. The van der Waals surface area contributed by atoms with Gasteiger partial charge in [0.1, 0.15) is 6.54 Å². The predicted molar refractivity (Wildman–Crippen MR) is 103 cm³/mol. The van der Waals surface area contributed by atoms with E-state index in [-0.39, 0.29) is 18.1 Å². The molecule has 1 amide bonds. The average molecular weight is 352 g/mol. The number of amides is 1. The summed E-state index contributed by atoms with van der Waals surface area (Å²) < 4.78 is 3.07. The lowest BCUT2D eigenvalue weighted by Gasteiger charge is -2.10. The van der Waals surface area contributed by atoms with Gasteiger partial charge in [0, 0.05) is 20.1 Å². The number of nitrogens with one attached hydrogen (secondary N) is 1. The molecule has 0 radical (unpaired) electrons. The molecule has 1 heterocycles. The van der Waals surface area contributed by atoms with Crippen LogP contribution in [-0.2, 0) is 31.5 Å². The second kappa shape index (κ2) is 7.58. The van der Waals surface area contributed by atoms with Gasteiger partial charge in [-0.2, -0.15) is 0 Å². The van der Waals surface area contributed by atoms with Crippen LogP contribution in [0, 0.1) is 0 Å². The number of nitrogens with zero attached hydrogens (tertiary/aromatic N) is 3. The van der Waals surface area contributed by atoms with E-state index in [0.717, 1.165) is 23.1 Å². The van der Waals surface area contributed by atoms with Gasteiger partial charge in [-0.1, -0.05) is 36.4 Å². The smallest absolute Gasteiger partial charge is 0.329 e. The highest BCUT2D eigenvalue weighted by molar-refractivity contribution is 5.80. The van der Waals surface area contributed by atoms with Crippen LogP contribution in [0.25, 0.3) is 11.0 Å². The number of carbonyl (C=O) groups excluding carboxylic acids is 1. The van der Waals surface area contributed by atoms with Crippen molar-refractivity contribution in [2.45, 2.75) is 19.6 Å². The summed E-state index contributed by atoms with van der Waals surface area (Å²) in [5, 5.41) is 2.89. The molecule has 0 fully saturated rings. The van der Waals surface area contributed by atoms with Gasteiger partial charge in [0.2, 0.25) is 5.91 Å². The summed E-state index contributed by atoms with van der Waals surface area (Å²) in [5.41, 5.74) is 3.66. The van der Waals surface area contributed by atoms with Crippen LogP contribution < -0.4 is 11.0 Å². The molecule has 1 N–H and O–H groups in total. The summed E-state index contributed by atoms with van der Waals surface area (Å²) in [7, 11) is 5.78. The molecule has 3 aromatic rings. The molecule has 26 heavy (non-hydrogen) atoms. The highest BCUT2D eigenvalue weighted by atomic mass is 16.2. The number of benzene rings is 2. The molecule has 3 rings (SSSR count). The Morgan fingerprint density at radius 2 is 1.62 bits per heavy atom. The van der Waals surface area contributed by atoms with E-state index in [1.54, 1.807) is 11.6 Å². The molecule has 1 aromatic heterocycles. The Kier molecular flexibility index (Phi) is 5.23. The van der Waals surface area contributed by atoms with Crippen molar-refractivity contribution in [2.75, 3.05) is 14.1 Å². The minimum absolute atomic E-state index is 0.0128. The van der Waals surface area contributed by atoms with Crippen molar-refractivity contribution in [3.8, 4) is 0 Å². The first-order valence-corrected chi connectivity index (χ1v) is 8.59. The van der Waals surface area contributed by atoms with Crippen molar-refractivity contribution >= 4 is 16.9 Å². The van der Waals surface area contributed by atoms with E-state index in [4.69, 9.17) is 0 Å². The molecule has 136 valence electrons. The van der Waals surface area contributed by atoms with Gasteiger partial charge in [0.25, 0.3) is 0 Å². The minimum atomic E-state index is -0.186. The number of rotatable bonds is 6. The van der Waals surface area contributed by atoms with Crippen LogP contribution in [-0.4, -0.2) is 34.0 Å². The number of imidazole rings is 1. The monoisotopic (exact) mass is 352 g/mol. The van der Waals surface area contributed by atoms with Crippen molar-refractivity contribution in [1.82, 2.24) is 19.4 Å². The summed E-state index contributed by atoms with van der Waals surface area (Å²) in [5.74, 6) is -0.180. The van der Waals surface area contributed by atoms with Crippen LogP contribution in [0.1, 0.15) is 11.1 Å². The van der Waals surface area contributed by atoms with Gasteiger partial charge in [-0.05, 0) is 37.4 Å². The molecule has 0 saturated heterocycles. The summed E-state index contributed by atoms with van der Waals surface area (Å²) >= 11 is 0. The average Bonchev–Trinajstić information content (AvgIpc) is 2.86. The van der Waals surface area contributed by atoms with Crippen LogP contribution in [0.4, 0.5) is 0 Å². The maximum Gasteiger partial charge on any atom is 0.329 e. The first-order chi connectivity index (χ1) is 12.5. The third-order valence-electron chi connectivity index (χ3n) is 4.36. The molecule has 0 spiro atoms. The lowest BCUT2D eigenvalue weighted by molar-refractivity contribution is -0.121. The van der Waals surface area contributed by atoms with Crippen molar-refractivity contribution in [2.24, 2.45) is 7.05 Å². The van der Waals surface area contributed by atoms with E-state index >= 15 is 0 Å². The number of aryl methyl sites for hydroxylation is 1. The Balaban J connectivity index is 1.65. The van der Waals surface area contributed by atoms with E-state index < -0.39 is 0 Å². The molecular formula is C20H24N4O2. The number of hydrogen-bond acceptors (Lipinski definition) is 3. The first kappa shape index (κ1) is 17.9. The Labute approximate surface area is 152 Å². The van der Waals surface area contributed by atoms with E-state index in [1.165, 1.54) is 10.1 Å². The topological polar surface area (TPSA) is 59.3 Å². The Morgan fingerprint density at radius 3 is 2.27 bits per heavy atom. The van der Waals surface area contributed by atoms with Crippen molar-refractivity contribution in [3.63, 3.8) is 0 Å². The molecule has 6 nitrogen and oxygen atoms in total. The number of fused-ring (bicyclic) bond motifs is 1. The van der Waals surface area contributed by atoms with E-state index in [2.05, 4.69) is 22.3 Å². The number of carbonyl (C=O) groups is 1. The van der Waals surface area contributed by atoms with Gasteiger partial charge in [-0.3, -0.25) is 13.9 Å². The molecular weight excluding hydrogens is 328 g/mol. The maximum atomic E-state index is 12.4. The van der Waals surface area contributed by atoms with E-state index in [0.29, 0.717) is 6.54 Å². The van der Waals surface area contributed by atoms with Gasteiger partial charge in [0.15, 0.2) is 0 Å². The summed E-state index contributed by atoms with van der Waals surface area (Å²) in [4.78, 5) is 26.8. The molecule has 0 aliphatic heterocycles. The SMILES string of the molecule is CN(C)Cc1ccc(CNC(=O)Cn2c(=O)n(C)c3ccccc32)cc1. The third-order valence-corrected chi connectivity index (χ3v) is 4.36. The lowest BCUT2D eigenvalue weighted by atomic mass is 10.1. The van der Waals surface area contributed by atoms with Gasteiger partial charge in [-0.25, -0.2) is 4.79 Å². The molecule has 0 saturated carbocycles. The number of aromatic nitrogens is 2. The molecule has 0 aliphatic rings. The standard InChI is InChI=1S/C20H24N4O2/c1-22(2)13-16-10-8-15(9-11-16)12-21-19(25)14-24-18-7-5-4-6-17(18)23(3)20(24)26/h4-11H,12-14H2,1-3H3,(H,21,25). The summed E-state index contributed by atoms with van der Waals surface area (Å²) in [6, 6.07) is 15.6. The van der Waals surface area contributed by atoms with Gasteiger partial charge in [0.05, 0.1) is 11.0 Å². The van der Waals surface area contributed by atoms with Crippen LogP contribution in [0.15, 0.2) is 53.3 Å². The summed E-state index contributed by atoms with van der Waals surface area (Å²) in [6.07, 6.45) is 0. The second-order valence-corrected chi connectivity index (χ2v) is 6.75. The van der Waals surface area contributed by atoms with Crippen molar-refractivity contribution < 1.29 is 4.79 Å². The highest BCUT2D eigenvalue weighted by Crippen LogP contribution is 2.11. The summed E-state index contributed by atoms with van der Waals surface area (Å²) in [6.45, 7) is 1.34. The number of para-hydroxylation sites is 2. The molecule has 0 atom stereocenters. The fourth-order valence-corrected chi connectivity index (χ4v) is 3.04. The minimum Gasteiger partial charge on any atom is -0.350 e. The zero-order valence-electron chi connectivity index (χ0n) is 15.4. The lowest BCUT2D eigenvalue weighted by Crippen LogP contribution is -2.32. The van der Waals surface area contributed by atoms with E-state index in [9.17, 15) is 9.59 Å². The van der Waals surface area contributed by atoms with Crippen molar-refractivity contribution in [3.05, 3.63) is 70.1 Å². The molecule has 6 heteroatoms. The molecule has 0 aliphatic carbocycles. The Hall–Kier alpha value is -2.86. The fourth-order valence-electron chi connectivity index (χ4n) is 3.04. The highest BCUT2D eigenvalue weighted by Gasteiger charge is 2.12. The number of hydrogen-bond donors (Lipinski definition) is 1. The maximum absolute atomic E-state index is 12.4. The molecule has 0 bridgehead atoms. The van der Waals surface area contributed by atoms with Crippen LogP contribution >= 0.6 is 0 Å². The van der Waals surface area contributed by atoms with Crippen molar-refractivity contribution in [1.29, 1.82) is 0 Å². The zero-order chi connectivity index (χ0) is 18.7. The normalized spacial score (nSPS) is 11.2. The Morgan fingerprint density at radius 1 is 1.00 bits per heavy atom. The largest absolute Gasteiger partial charge is 0.350 e. The van der Waals surface area contributed by atoms with Crippen LogP contribution in [0.2, 0.25) is 0 Å². The molecule has 2 aromatic carbocycles. The molecule has 0 unspecified atom stereocenters. The fraction of sp³-hybridized carbons (Fsp3) is 0.300. The van der Waals surface area contributed by atoms with Crippen LogP contribution in [0.5, 0.6) is 0 Å². The van der Waals surface area contributed by atoms with Gasteiger partial charge >= 0.3 is 5.69 Å². The van der Waals surface area contributed by atoms with E-state index in [1.807, 2.05) is 50.5 Å². The quantitative estimate of drug-likeness (QED) is 0.735.